The molecule has 3 rings (SSSR count). The van der Waals surface area contributed by atoms with Crippen LogP contribution in [0.3, 0.4) is 0 Å². The number of pyridine rings is 2. The van der Waals surface area contributed by atoms with Gasteiger partial charge < -0.3 is 9.84 Å². The highest BCUT2D eigenvalue weighted by Crippen LogP contribution is 2.44. The second-order valence-corrected chi connectivity index (χ2v) is 9.80. The SMILES string of the molecule is Cc1cnc(C(c2ccn3c(C(F)F)nnc3c2C)C(C)(C)C(=O)OC(C)(C)C)cc1CO. The summed E-state index contributed by atoms with van der Waals surface area (Å²) in [6.45, 7) is 12.3. The van der Waals surface area contributed by atoms with Crippen molar-refractivity contribution in [3.8, 4) is 0 Å². The van der Waals surface area contributed by atoms with Crippen LogP contribution in [0.1, 0.15) is 80.7 Å². The maximum atomic E-state index is 13.3. The molecule has 0 saturated carbocycles. The van der Waals surface area contributed by atoms with E-state index in [9.17, 15) is 18.7 Å². The Bertz CT molecular complexity index is 1180. The lowest BCUT2D eigenvalue weighted by atomic mass is 9.71. The van der Waals surface area contributed by atoms with Crippen LogP contribution in [0.5, 0.6) is 0 Å². The molecule has 0 bridgehead atoms. The molecule has 33 heavy (non-hydrogen) atoms. The molecule has 0 radical (unpaired) electrons. The molecule has 0 aliphatic carbocycles. The number of hydrogen-bond acceptors (Lipinski definition) is 6. The lowest BCUT2D eigenvalue weighted by Crippen LogP contribution is -2.39. The Morgan fingerprint density at radius 1 is 1.18 bits per heavy atom. The average molecular weight is 461 g/mol. The first-order valence-corrected chi connectivity index (χ1v) is 10.7. The quantitative estimate of drug-likeness (QED) is 0.538. The number of halogens is 2. The molecular formula is C24H30F2N4O3. The molecule has 1 unspecified atom stereocenters. The Balaban J connectivity index is 2.25. The van der Waals surface area contributed by atoms with Gasteiger partial charge in [0.25, 0.3) is 6.43 Å². The van der Waals surface area contributed by atoms with Gasteiger partial charge in [0, 0.05) is 24.0 Å². The summed E-state index contributed by atoms with van der Waals surface area (Å²) in [7, 11) is 0. The topological polar surface area (TPSA) is 89.6 Å². The van der Waals surface area contributed by atoms with Gasteiger partial charge in [0.2, 0.25) is 5.82 Å². The van der Waals surface area contributed by atoms with Gasteiger partial charge in [-0.05, 0) is 82.9 Å². The number of ether oxygens (including phenoxy) is 1. The molecule has 0 aromatic carbocycles. The third kappa shape index (κ3) is 4.73. The van der Waals surface area contributed by atoms with E-state index >= 15 is 0 Å². The molecule has 1 N–H and O–H groups in total. The predicted octanol–water partition coefficient (Wildman–Crippen LogP) is 4.67. The van der Waals surface area contributed by atoms with E-state index in [0.717, 1.165) is 5.56 Å². The van der Waals surface area contributed by atoms with Crippen LogP contribution >= 0.6 is 0 Å². The Hall–Kier alpha value is -2.94. The van der Waals surface area contributed by atoms with Crippen molar-refractivity contribution in [2.24, 2.45) is 5.41 Å². The molecule has 3 aromatic heterocycles. The maximum Gasteiger partial charge on any atom is 0.313 e. The zero-order valence-corrected chi connectivity index (χ0v) is 20.0. The van der Waals surface area contributed by atoms with Gasteiger partial charge in [-0.2, -0.15) is 0 Å². The molecule has 0 aliphatic heterocycles. The summed E-state index contributed by atoms with van der Waals surface area (Å²) in [6.07, 6.45) is 0.363. The van der Waals surface area contributed by atoms with Gasteiger partial charge in [0.1, 0.15) is 5.60 Å². The number of alkyl halides is 2. The van der Waals surface area contributed by atoms with Crippen molar-refractivity contribution in [1.29, 1.82) is 0 Å². The Labute approximate surface area is 191 Å². The summed E-state index contributed by atoms with van der Waals surface area (Å²) < 4.78 is 33.7. The molecular weight excluding hydrogens is 430 g/mol. The first kappa shape index (κ1) is 24.7. The van der Waals surface area contributed by atoms with Gasteiger partial charge in [0.15, 0.2) is 5.65 Å². The minimum absolute atomic E-state index is 0.180. The lowest BCUT2D eigenvalue weighted by molar-refractivity contribution is -0.166. The number of fused-ring (bicyclic) bond motifs is 1. The molecule has 1 atom stereocenters. The number of aliphatic hydroxyl groups is 1. The minimum atomic E-state index is -2.77. The summed E-state index contributed by atoms with van der Waals surface area (Å²) in [5, 5.41) is 17.4. The normalized spacial score (nSPS) is 13.5. The highest BCUT2D eigenvalue weighted by Gasteiger charge is 2.43. The highest BCUT2D eigenvalue weighted by atomic mass is 19.3. The highest BCUT2D eigenvalue weighted by molar-refractivity contribution is 5.79. The monoisotopic (exact) mass is 460 g/mol. The van der Waals surface area contributed by atoms with Crippen LogP contribution in [0.25, 0.3) is 5.65 Å². The van der Waals surface area contributed by atoms with Crippen LogP contribution in [0.15, 0.2) is 24.5 Å². The summed E-state index contributed by atoms with van der Waals surface area (Å²) in [5.74, 6) is -1.48. The zero-order chi connectivity index (χ0) is 24.7. The third-order valence-electron chi connectivity index (χ3n) is 5.75. The second kappa shape index (κ2) is 8.78. The van der Waals surface area contributed by atoms with Crippen molar-refractivity contribution >= 4 is 11.6 Å². The molecule has 9 heteroatoms. The number of hydrogen-bond donors (Lipinski definition) is 1. The van der Waals surface area contributed by atoms with E-state index < -0.39 is 35.2 Å². The van der Waals surface area contributed by atoms with E-state index in [2.05, 4.69) is 15.2 Å². The summed E-state index contributed by atoms with van der Waals surface area (Å²) in [4.78, 5) is 17.9. The van der Waals surface area contributed by atoms with Gasteiger partial charge in [-0.1, -0.05) is 0 Å². The number of rotatable bonds is 6. The van der Waals surface area contributed by atoms with Gasteiger partial charge >= 0.3 is 5.97 Å². The summed E-state index contributed by atoms with van der Waals surface area (Å²) in [5.41, 5.74) is 1.85. The van der Waals surface area contributed by atoms with Crippen LogP contribution < -0.4 is 0 Å². The van der Waals surface area contributed by atoms with Crippen LogP contribution in [0, 0.1) is 19.3 Å². The largest absolute Gasteiger partial charge is 0.460 e. The molecule has 0 amide bonds. The van der Waals surface area contributed by atoms with Crippen molar-refractivity contribution in [2.45, 2.75) is 73.0 Å². The van der Waals surface area contributed by atoms with Crippen molar-refractivity contribution in [3.63, 3.8) is 0 Å². The molecule has 0 saturated heterocycles. The van der Waals surface area contributed by atoms with E-state index in [0.29, 0.717) is 22.4 Å². The summed E-state index contributed by atoms with van der Waals surface area (Å²) in [6, 6.07) is 3.46. The number of carbonyl (C=O) groups excluding carboxylic acids is 1. The van der Waals surface area contributed by atoms with Crippen LogP contribution in [0.2, 0.25) is 0 Å². The Morgan fingerprint density at radius 3 is 2.42 bits per heavy atom. The van der Waals surface area contributed by atoms with E-state index in [4.69, 9.17) is 4.74 Å². The van der Waals surface area contributed by atoms with Gasteiger partial charge in [-0.25, -0.2) is 8.78 Å². The Morgan fingerprint density at radius 2 is 1.85 bits per heavy atom. The van der Waals surface area contributed by atoms with Crippen molar-refractivity contribution < 1.29 is 23.4 Å². The van der Waals surface area contributed by atoms with E-state index in [1.54, 1.807) is 59.9 Å². The lowest BCUT2D eigenvalue weighted by Gasteiger charge is -2.35. The van der Waals surface area contributed by atoms with Crippen LogP contribution in [0.4, 0.5) is 8.78 Å². The van der Waals surface area contributed by atoms with Crippen molar-refractivity contribution in [1.82, 2.24) is 19.6 Å². The van der Waals surface area contributed by atoms with Gasteiger partial charge in [-0.3, -0.25) is 14.2 Å². The standard InChI is InChI=1S/C24H30F2N4O3/c1-13-11-27-17(10-15(13)12-31)18(24(6,7)22(32)33-23(3,4)5)16-8-9-30-20(14(16)2)28-29-21(30)19(25)26/h8-11,18-19,31H,12H2,1-7H3. The van der Waals surface area contributed by atoms with E-state index in [1.807, 2.05) is 6.92 Å². The smallest absolute Gasteiger partial charge is 0.313 e. The molecule has 0 spiro atoms. The van der Waals surface area contributed by atoms with Crippen LogP contribution in [-0.2, 0) is 16.1 Å². The minimum Gasteiger partial charge on any atom is -0.460 e. The second-order valence-electron chi connectivity index (χ2n) is 9.80. The summed E-state index contributed by atoms with van der Waals surface area (Å²) >= 11 is 0. The third-order valence-corrected chi connectivity index (χ3v) is 5.75. The molecule has 3 heterocycles. The number of aromatic nitrogens is 4. The molecule has 3 aromatic rings. The number of carbonyl (C=O) groups is 1. The molecule has 0 fully saturated rings. The molecule has 0 aliphatic rings. The maximum absolute atomic E-state index is 13.3. The molecule has 178 valence electrons. The fourth-order valence-corrected chi connectivity index (χ4v) is 3.93. The van der Waals surface area contributed by atoms with Gasteiger partial charge in [0.05, 0.1) is 12.0 Å². The fraction of sp³-hybridized carbons (Fsp3) is 0.500. The number of nitrogens with zero attached hydrogens (tertiary/aromatic N) is 4. The Kier molecular flexibility index (Phi) is 6.57. The molecule has 7 nitrogen and oxygen atoms in total. The van der Waals surface area contributed by atoms with E-state index in [-0.39, 0.29) is 12.3 Å². The zero-order valence-electron chi connectivity index (χ0n) is 20.0. The van der Waals surface area contributed by atoms with Gasteiger partial charge in [-0.15, -0.1) is 10.2 Å². The fourth-order valence-electron chi connectivity index (χ4n) is 3.93. The number of aliphatic hydroxyl groups excluding tert-OH is 1. The van der Waals surface area contributed by atoms with Crippen LogP contribution in [-0.4, -0.2) is 36.3 Å². The average Bonchev–Trinajstić information content (AvgIpc) is 3.15. The van der Waals surface area contributed by atoms with Crippen molar-refractivity contribution in [2.75, 3.05) is 0 Å². The van der Waals surface area contributed by atoms with E-state index in [1.165, 1.54) is 10.6 Å². The first-order valence-electron chi connectivity index (χ1n) is 10.7. The number of aryl methyl sites for hydroxylation is 2. The first-order chi connectivity index (χ1) is 15.3. The number of esters is 1. The van der Waals surface area contributed by atoms with Crippen molar-refractivity contribution in [3.05, 3.63) is 58.3 Å². The predicted molar refractivity (Wildman–Crippen MR) is 119 cm³/mol.